The van der Waals surface area contributed by atoms with Gasteiger partial charge in [-0.15, -0.1) is 0 Å². The molecule has 0 saturated heterocycles. The predicted octanol–water partition coefficient (Wildman–Crippen LogP) is 4.06. The van der Waals surface area contributed by atoms with Crippen LogP contribution in [0.3, 0.4) is 0 Å². The molecular weight excluding hydrogens is 376 g/mol. The highest BCUT2D eigenvalue weighted by Gasteiger charge is 2.22. The van der Waals surface area contributed by atoms with Crippen molar-refractivity contribution in [3.63, 3.8) is 0 Å². The summed E-state index contributed by atoms with van der Waals surface area (Å²) < 4.78 is 16.6. The third-order valence-electron chi connectivity index (χ3n) is 4.36. The number of pyridine rings is 1. The minimum absolute atomic E-state index is 0.0290. The molecule has 1 atom stereocenters. The molecule has 0 aliphatic carbocycles. The van der Waals surface area contributed by atoms with E-state index >= 15 is 0 Å². The number of carbonyl (C=O) groups is 1. The van der Waals surface area contributed by atoms with Gasteiger partial charge in [-0.1, -0.05) is 0 Å². The molecule has 0 saturated carbocycles. The van der Waals surface area contributed by atoms with E-state index in [2.05, 4.69) is 4.98 Å². The highest BCUT2D eigenvalue weighted by atomic mass is 16.6. The second-order valence-corrected chi connectivity index (χ2v) is 6.50. The average molecular weight is 398 g/mol. The standard InChI is InChI=1S/C21H22N2O6/c1-4-27-19-10-15-8-13(3)29-20(15)9-14(19)6-7-18-17(21(24)28-5-2)11-16(12-22-18)23(25)26/h6-7,9-13H,4-5,8H2,1-3H3/b7-6+/t13-/m1/s1. The molecule has 2 heterocycles. The molecule has 3 rings (SSSR count). The molecule has 8 heteroatoms. The molecule has 0 bridgehead atoms. The fraction of sp³-hybridized carbons (Fsp3) is 0.333. The number of ether oxygens (including phenoxy) is 3. The molecule has 1 aliphatic heterocycles. The van der Waals surface area contributed by atoms with Crippen LogP contribution >= 0.6 is 0 Å². The van der Waals surface area contributed by atoms with Gasteiger partial charge >= 0.3 is 5.97 Å². The highest BCUT2D eigenvalue weighted by molar-refractivity contribution is 5.94. The number of nitro groups is 1. The van der Waals surface area contributed by atoms with E-state index in [9.17, 15) is 14.9 Å². The molecule has 1 aromatic carbocycles. The number of aromatic nitrogens is 1. The molecule has 29 heavy (non-hydrogen) atoms. The zero-order valence-electron chi connectivity index (χ0n) is 16.5. The first kappa shape index (κ1) is 20.3. The van der Waals surface area contributed by atoms with Crippen molar-refractivity contribution in [2.45, 2.75) is 33.3 Å². The summed E-state index contributed by atoms with van der Waals surface area (Å²) in [7, 11) is 0. The van der Waals surface area contributed by atoms with Crippen LogP contribution in [0.25, 0.3) is 12.2 Å². The van der Waals surface area contributed by atoms with Gasteiger partial charge in [0.25, 0.3) is 5.69 Å². The van der Waals surface area contributed by atoms with Crippen molar-refractivity contribution < 1.29 is 23.9 Å². The van der Waals surface area contributed by atoms with Crippen molar-refractivity contribution in [3.8, 4) is 11.5 Å². The first-order valence-corrected chi connectivity index (χ1v) is 9.38. The highest BCUT2D eigenvalue weighted by Crippen LogP contribution is 2.36. The second-order valence-electron chi connectivity index (χ2n) is 6.50. The summed E-state index contributed by atoms with van der Waals surface area (Å²) in [6.07, 6.45) is 5.38. The number of nitrogens with zero attached hydrogens (tertiary/aromatic N) is 2. The van der Waals surface area contributed by atoms with Gasteiger partial charge in [0.2, 0.25) is 0 Å². The summed E-state index contributed by atoms with van der Waals surface area (Å²) in [5.41, 5.74) is 1.86. The number of hydrogen-bond donors (Lipinski definition) is 0. The maximum atomic E-state index is 12.2. The van der Waals surface area contributed by atoms with Gasteiger partial charge in [-0.3, -0.25) is 10.1 Å². The number of benzene rings is 1. The quantitative estimate of drug-likeness (QED) is 0.394. The summed E-state index contributed by atoms with van der Waals surface area (Å²) >= 11 is 0. The fourth-order valence-electron chi connectivity index (χ4n) is 3.10. The summed E-state index contributed by atoms with van der Waals surface area (Å²) in [4.78, 5) is 26.8. The van der Waals surface area contributed by atoms with Gasteiger partial charge in [0.05, 0.1) is 29.4 Å². The molecule has 1 aromatic heterocycles. The fourth-order valence-corrected chi connectivity index (χ4v) is 3.10. The zero-order chi connectivity index (χ0) is 21.0. The van der Waals surface area contributed by atoms with E-state index in [-0.39, 0.29) is 29.7 Å². The van der Waals surface area contributed by atoms with Gasteiger partial charge in [-0.25, -0.2) is 9.78 Å². The third kappa shape index (κ3) is 4.53. The lowest BCUT2D eigenvalue weighted by Crippen LogP contribution is -2.08. The Kier molecular flexibility index (Phi) is 6.11. The monoisotopic (exact) mass is 398 g/mol. The van der Waals surface area contributed by atoms with Crippen LogP contribution < -0.4 is 9.47 Å². The van der Waals surface area contributed by atoms with E-state index in [0.29, 0.717) is 12.4 Å². The topological polar surface area (TPSA) is 101 Å². The van der Waals surface area contributed by atoms with Crippen LogP contribution in [0.2, 0.25) is 0 Å². The van der Waals surface area contributed by atoms with Crippen molar-refractivity contribution in [2.75, 3.05) is 13.2 Å². The molecule has 0 radical (unpaired) electrons. The molecule has 0 N–H and O–H groups in total. The Morgan fingerprint density at radius 3 is 2.79 bits per heavy atom. The van der Waals surface area contributed by atoms with E-state index < -0.39 is 10.9 Å². The molecule has 0 amide bonds. The van der Waals surface area contributed by atoms with Crippen molar-refractivity contribution in [1.82, 2.24) is 4.98 Å². The minimum atomic E-state index is -0.667. The summed E-state index contributed by atoms with van der Waals surface area (Å²) in [6, 6.07) is 5.01. The van der Waals surface area contributed by atoms with Gasteiger partial charge in [0.15, 0.2) is 0 Å². The Hall–Kier alpha value is -3.42. The Morgan fingerprint density at radius 1 is 1.31 bits per heavy atom. The Morgan fingerprint density at radius 2 is 2.10 bits per heavy atom. The number of fused-ring (bicyclic) bond motifs is 1. The van der Waals surface area contributed by atoms with E-state index in [1.54, 1.807) is 19.1 Å². The van der Waals surface area contributed by atoms with Gasteiger partial charge < -0.3 is 14.2 Å². The van der Waals surface area contributed by atoms with E-state index in [1.165, 1.54) is 6.07 Å². The number of hydrogen-bond acceptors (Lipinski definition) is 7. The van der Waals surface area contributed by atoms with E-state index in [4.69, 9.17) is 14.2 Å². The maximum Gasteiger partial charge on any atom is 0.340 e. The third-order valence-corrected chi connectivity index (χ3v) is 4.36. The molecule has 8 nitrogen and oxygen atoms in total. The predicted molar refractivity (Wildman–Crippen MR) is 107 cm³/mol. The molecule has 2 aromatic rings. The summed E-state index contributed by atoms with van der Waals surface area (Å²) in [5.74, 6) is 0.821. The van der Waals surface area contributed by atoms with Crippen molar-refractivity contribution >= 4 is 23.8 Å². The van der Waals surface area contributed by atoms with Crippen LogP contribution in [-0.4, -0.2) is 35.2 Å². The van der Waals surface area contributed by atoms with Crippen LogP contribution in [0.4, 0.5) is 5.69 Å². The Labute approximate surface area is 168 Å². The number of esters is 1. The number of carbonyl (C=O) groups excluding carboxylic acids is 1. The minimum Gasteiger partial charge on any atom is -0.493 e. The second kappa shape index (κ2) is 8.72. The maximum absolute atomic E-state index is 12.2. The summed E-state index contributed by atoms with van der Waals surface area (Å²) in [6.45, 7) is 6.22. The van der Waals surface area contributed by atoms with E-state index in [0.717, 1.165) is 29.5 Å². The first-order valence-electron chi connectivity index (χ1n) is 9.38. The van der Waals surface area contributed by atoms with Gasteiger partial charge in [-0.05, 0) is 45.1 Å². The van der Waals surface area contributed by atoms with Gasteiger partial charge in [0, 0.05) is 23.6 Å². The summed E-state index contributed by atoms with van der Waals surface area (Å²) in [5, 5.41) is 11.0. The van der Waals surface area contributed by atoms with E-state index in [1.807, 2.05) is 26.0 Å². The number of rotatable bonds is 7. The largest absolute Gasteiger partial charge is 0.493 e. The molecule has 0 fully saturated rings. The van der Waals surface area contributed by atoms with Crippen molar-refractivity contribution in [1.29, 1.82) is 0 Å². The molecule has 1 aliphatic rings. The lowest BCUT2D eigenvalue weighted by Gasteiger charge is -2.10. The molecule has 0 unspecified atom stereocenters. The SMILES string of the molecule is CCOC(=O)c1cc([N+](=O)[O-])cnc1/C=C/c1cc2c(cc1OCC)C[C@@H](C)O2. The van der Waals surface area contributed by atoms with Crippen LogP contribution in [0, 0.1) is 10.1 Å². The first-order chi connectivity index (χ1) is 13.9. The molecule has 152 valence electrons. The Bertz CT molecular complexity index is 970. The van der Waals surface area contributed by atoms with Crippen LogP contribution in [-0.2, 0) is 11.2 Å². The van der Waals surface area contributed by atoms with Crippen molar-refractivity contribution in [3.05, 3.63) is 56.9 Å². The van der Waals surface area contributed by atoms with Crippen LogP contribution in [0.5, 0.6) is 11.5 Å². The lowest BCUT2D eigenvalue weighted by atomic mass is 10.1. The molecule has 0 spiro atoms. The van der Waals surface area contributed by atoms with Crippen LogP contribution in [0.15, 0.2) is 24.4 Å². The molecular formula is C21H22N2O6. The van der Waals surface area contributed by atoms with Gasteiger partial charge in [0.1, 0.15) is 23.8 Å². The normalized spacial score (nSPS) is 15.1. The average Bonchev–Trinajstić information content (AvgIpc) is 3.05. The lowest BCUT2D eigenvalue weighted by molar-refractivity contribution is -0.385. The van der Waals surface area contributed by atoms with Crippen molar-refractivity contribution in [2.24, 2.45) is 0 Å². The Balaban J connectivity index is 2.00. The zero-order valence-corrected chi connectivity index (χ0v) is 16.5. The smallest absolute Gasteiger partial charge is 0.340 e. The van der Waals surface area contributed by atoms with Crippen LogP contribution in [0.1, 0.15) is 48.0 Å². The van der Waals surface area contributed by atoms with Gasteiger partial charge in [-0.2, -0.15) is 0 Å².